The Morgan fingerprint density at radius 2 is 1.84 bits per heavy atom. The fourth-order valence-corrected chi connectivity index (χ4v) is 5.01. The lowest BCUT2D eigenvalue weighted by atomic mass is 9.79. The Morgan fingerprint density at radius 1 is 1.10 bits per heavy atom. The average Bonchev–Trinajstić information content (AvgIpc) is 2.96. The second-order valence-corrected chi connectivity index (χ2v) is 9.26. The summed E-state index contributed by atoms with van der Waals surface area (Å²) in [6.07, 6.45) is 5.02. The molecular formula is C25H35N3O3. The third-order valence-electron chi connectivity index (χ3n) is 6.75. The molecule has 1 unspecified atom stereocenters. The van der Waals surface area contributed by atoms with Gasteiger partial charge in [0, 0.05) is 45.4 Å². The lowest BCUT2D eigenvalue weighted by Gasteiger charge is -2.44. The summed E-state index contributed by atoms with van der Waals surface area (Å²) >= 11 is 0. The maximum Gasteiger partial charge on any atom is 0.253 e. The van der Waals surface area contributed by atoms with Crippen LogP contribution in [-0.4, -0.2) is 50.2 Å². The monoisotopic (exact) mass is 425 g/mol. The van der Waals surface area contributed by atoms with Gasteiger partial charge in [0.15, 0.2) is 0 Å². The molecule has 0 spiro atoms. The number of ether oxygens (including phenoxy) is 2. The van der Waals surface area contributed by atoms with Gasteiger partial charge in [0.25, 0.3) is 5.56 Å². The molecule has 1 fully saturated rings. The summed E-state index contributed by atoms with van der Waals surface area (Å²) in [6, 6.07) is 8.64. The van der Waals surface area contributed by atoms with Crippen molar-refractivity contribution in [3.05, 3.63) is 46.4 Å². The number of rotatable bonds is 7. The number of aryl methyl sites for hydroxylation is 2. The van der Waals surface area contributed by atoms with Gasteiger partial charge in [0.2, 0.25) is 0 Å². The number of nitrogens with zero attached hydrogens (tertiary/aromatic N) is 3. The highest BCUT2D eigenvalue weighted by atomic mass is 16.5. The molecule has 0 N–H and O–H groups in total. The maximum atomic E-state index is 12.1. The maximum absolute atomic E-state index is 12.1. The fraction of sp³-hybridized carbons (Fsp3) is 0.560. The Morgan fingerprint density at radius 3 is 2.48 bits per heavy atom. The molecule has 4 rings (SSSR count). The second kappa shape index (κ2) is 8.67. The van der Waals surface area contributed by atoms with Crippen molar-refractivity contribution in [2.24, 2.45) is 13.0 Å². The summed E-state index contributed by atoms with van der Waals surface area (Å²) in [6.45, 7) is 7.59. The molecule has 1 aromatic heterocycles. The SMILES string of the molecule is CO[C@H]1C[C@@H](C2N(C)c3ccc(-c4cc(C)c(=O)n(C)c4)cc3N2CCOC(C)C)C1. The number of benzene rings is 1. The summed E-state index contributed by atoms with van der Waals surface area (Å²) in [4.78, 5) is 17.1. The molecule has 0 amide bonds. The first-order chi connectivity index (χ1) is 14.8. The Kier molecular flexibility index (Phi) is 6.13. The molecular weight excluding hydrogens is 390 g/mol. The number of hydrogen-bond acceptors (Lipinski definition) is 5. The first-order valence-corrected chi connectivity index (χ1v) is 11.3. The zero-order valence-corrected chi connectivity index (χ0v) is 19.6. The Balaban J connectivity index is 1.68. The predicted molar refractivity (Wildman–Crippen MR) is 126 cm³/mol. The van der Waals surface area contributed by atoms with E-state index in [-0.39, 0.29) is 11.7 Å². The minimum atomic E-state index is 0.0508. The van der Waals surface area contributed by atoms with Crippen molar-refractivity contribution in [2.75, 3.05) is 37.1 Å². The van der Waals surface area contributed by atoms with Crippen LogP contribution >= 0.6 is 0 Å². The molecule has 2 aromatic rings. The molecule has 1 saturated carbocycles. The predicted octanol–water partition coefficient (Wildman–Crippen LogP) is 3.79. The van der Waals surface area contributed by atoms with E-state index in [0.717, 1.165) is 36.1 Å². The van der Waals surface area contributed by atoms with Crippen molar-refractivity contribution in [3.8, 4) is 11.1 Å². The van der Waals surface area contributed by atoms with Crippen LogP contribution in [0.1, 0.15) is 32.3 Å². The smallest absolute Gasteiger partial charge is 0.253 e. The van der Waals surface area contributed by atoms with E-state index < -0.39 is 0 Å². The van der Waals surface area contributed by atoms with Crippen molar-refractivity contribution in [1.82, 2.24) is 4.57 Å². The third kappa shape index (κ3) is 4.11. The van der Waals surface area contributed by atoms with Crippen molar-refractivity contribution < 1.29 is 9.47 Å². The molecule has 0 radical (unpaired) electrons. The van der Waals surface area contributed by atoms with E-state index in [2.05, 4.69) is 48.9 Å². The van der Waals surface area contributed by atoms with Gasteiger partial charge in [-0.05, 0) is 62.9 Å². The van der Waals surface area contributed by atoms with Gasteiger partial charge in [-0.2, -0.15) is 0 Å². The molecule has 1 atom stereocenters. The van der Waals surface area contributed by atoms with Crippen LogP contribution in [0.5, 0.6) is 0 Å². The van der Waals surface area contributed by atoms with E-state index in [0.29, 0.717) is 24.8 Å². The van der Waals surface area contributed by atoms with E-state index in [1.807, 2.05) is 33.3 Å². The van der Waals surface area contributed by atoms with E-state index in [4.69, 9.17) is 9.47 Å². The van der Waals surface area contributed by atoms with Crippen molar-refractivity contribution in [2.45, 2.75) is 52.0 Å². The summed E-state index contributed by atoms with van der Waals surface area (Å²) in [5.74, 6) is 0.574. The van der Waals surface area contributed by atoms with Crippen LogP contribution in [0.4, 0.5) is 11.4 Å². The highest BCUT2D eigenvalue weighted by Crippen LogP contribution is 2.47. The molecule has 1 aromatic carbocycles. The number of anilines is 2. The third-order valence-corrected chi connectivity index (χ3v) is 6.75. The second-order valence-electron chi connectivity index (χ2n) is 9.26. The summed E-state index contributed by atoms with van der Waals surface area (Å²) in [5.41, 5.74) is 5.50. The summed E-state index contributed by atoms with van der Waals surface area (Å²) in [5, 5.41) is 0. The van der Waals surface area contributed by atoms with Crippen LogP contribution in [0.2, 0.25) is 0 Å². The lowest BCUT2D eigenvalue weighted by molar-refractivity contribution is -0.00827. The molecule has 6 nitrogen and oxygen atoms in total. The van der Waals surface area contributed by atoms with Crippen molar-refractivity contribution in [1.29, 1.82) is 0 Å². The minimum absolute atomic E-state index is 0.0508. The van der Waals surface area contributed by atoms with Crippen molar-refractivity contribution in [3.63, 3.8) is 0 Å². The first kappa shape index (κ1) is 21.9. The zero-order valence-electron chi connectivity index (χ0n) is 19.6. The van der Waals surface area contributed by atoms with Crippen LogP contribution in [-0.2, 0) is 16.5 Å². The number of aromatic nitrogens is 1. The number of pyridine rings is 1. The molecule has 2 aliphatic rings. The van der Waals surface area contributed by atoms with Crippen LogP contribution in [0, 0.1) is 12.8 Å². The number of methoxy groups -OCH3 is 1. The standard InChI is InChI=1S/C25H35N3O3/c1-16(2)31-10-9-28-23-14-18(20-11-17(3)25(29)26(4)15-20)7-8-22(23)27(5)24(28)19-12-21(13-19)30-6/h7-8,11,14-16,19,21,24H,9-10,12-13H2,1-6H3/t19-,21+,24?. The molecule has 168 valence electrons. The first-order valence-electron chi connectivity index (χ1n) is 11.3. The molecule has 0 saturated heterocycles. The number of fused-ring (bicyclic) bond motifs is 1. The molecule has 0 bridgehead atoms. The van der Waals surface area contributed by atoms with Crippen LogP contribution in [0.25, 0.3) is 11.1 Å². The summed E-state index contributed by atoms with van der Waals surface area (Å²) in [7, 11) is 5.82. The largest absolute Gasteiger partial charge is 0.381 e. The lowest BCUT2D eigenvalue weighted by Crippen LogP contribution is -2.53. The molecule has 31 heavy (non-hydrogen) atoms. The molecule has 2 heterocycles. The van der Waals surface area contributed by atoms with E-state index in [1.54, 1.807) is 4.57 Å². The highest BCUT2D eigenvalue weighted by Gasteiger charge is 2.44. The average molecular weight is 426 g/mol. The fourth-order valence-electron chi connectivity index (χ4n) is 5.01. The van der Waals surface area contributed by atoms with E-state index >= 15 is 0 Å². The number of hydrogen-bond donors (Lipinski definition) is 0. The van der Waals surface area contributed by atoms with E-state index in [9.17, 15) is 4.79 Å². The molecule has 6 heteroatoms. The summed E-state index contributed by atoms with van der Waals surface area (Å²) < 4.78 is 13.1. The van der Waals surface area contributed by atoms with Crippen molar-refractivity contribution >= 4 is 11.4 Å². The van der Waals surface area contributed by atoms with Gasteiger partial charge < -0.3 is 23.8 Å². The van der Waals surface area contributed by atoms with E-state index in [1.165, 1.54) is 11.4 Å². The topological polar surface area (TPSA) is 46.9 Å². The van der Waals surface area contributed by atoms with Gasteiger partial charge in [-0.15, -0.1) is 0 Å². The van der Waals surface area contributed by atoms with Gasteiger partial charge >= 0.3 is 0 Å². The van der Waals surface area contributed by atoms with Gasteiger partial charge in [-0.3, -0.25) is 4.79 Å². The molecule has 1 aliphatic heterocycles. The van der Waals surface area contributed by atoms with Gasteiger partial charge in [-0.25, -0.2) is 0 Å². The Hall–Kier alpha value is -2.31. The van der Waals surface area contributed by atoms with Gasteiger partial charge in [-0.1, -0.05) is 6.07 Å². The Bertz CT molecular complexity index is 968. The minimum Gasteiger partial charge on any atom is -0.381 e. The van der Waals surface area contributed by atoms with Crippen LogP contribution in [0.3, 0.4) is 0 Å². The van der Waals surface area contributed by atoms with Crippen LogP contribution < -0.4 is 15.4 Å². The molecule has 1 aliphatic carbocycles. The normalized spacial score (nSPS) is 22.7. The zero-order chi connectivity index (χ0) is 22.3. The van der Waals surface area contributed by atoms with Gasteiger partial charge in [0.05, 0.1) is 30.2 Å². The highest BCUT2D eigenvalue weighted by molar-refractivity contribution is 5.83. The Labute approximate surface area is 185 Å². The quantitative estimate of drug-likeness (QED) is 0.675. The van der Waals surface area contributed by atoms with Gasteiger partial charge in [0.1, 0.15) is 6.17 Å². The van der Waals surface area contributed by atoms with Crippen LogP contribution in [0.15, 0.2) is 35.3 Å².